The summed E-state index contributed by atoms with van der Waals surface area (Å²) in [5.41, 5.74) is 0.0701. The van der Waals surface area contributed by atoms with Crippen LogP contribution < -0.4 is 0 Å². The maximum absolute atomic E-state index is 5.61. The lowest BCUT2D eigenvalue weighted by Gasteiger charge is -2.14. The van der Waals surface area contributed by atoms with Gasteiger partial charge in [0.2, 0.25) is 0 Å². The topological polar surface area (TPSA) is 12.5 Å². The lowest BCUT2D eigenvalue weighted by Crippen LogP contribution is -2.15. The highest BCUT2D eigenvalue weighted by Crippen LogP contribution is 2.43. The summed E-state index contributed by atoms with van der Waals surface area (Å²) in [4.78, 5) is 1.30. The molecule has 1 nitrogen and oxygen atoms in total. The molecule has 1 aliphatic rings. The Morgan fingerprint density at radius 1 is 1.50 bits per heavy atom. The van der Waals surface area contributed by atoms with Gasteiger partial charge in [0.05, 0.1) is 11.7 Å². The Morgan fingerprint density at radius 3 is 2.62 bits per heavy atom. The Bertz CT molecular complexity index is 362. The summed E-state index contributed by atoms with van der Waals surface area (Å²) < 4.78 is 5.61. The molecule has 0 N–H and O–H groups in total. The van der Waals surface area contributed by atoms with Crippen molar-refractivity contribution >= 4 is 11.8 Å². The van der Waals surface area contributed by atoms with E-state index < -0.39 is 0 Å². The summed E-state index contributed by atoms with van der Waals surface area (Å²) in [7, 11) is 0. The Labute approximate surface area is 102 Å². The molecule has 0 spiro atoms. The number of hydrogen-bond acceptors (Lipinski definition) is 2. The number of epoxide rings is 1. The SMILES string of the molecule is C=CC(C[C@@]1(C)O[C@H]1C)Sc1ccccc1. The van der Waals surface area contributed by atoms with Gasteiger partial charge in [-0.1, -0.05) is 24.3 Å². The molecule has 0 amide bonds. The second-order valence-corrected chi connectivity index (χ2v) is 5.79. The summed E-state index contributed by atoms with van der Waals surface area (Å²) in [6.45, 7) is 8.23. The lowest BCUT2D eigenvalue weighted by molar-refractivity contribution is 0.302. The molecule has 1 fully saturated rings. The molecule has 3 atom stereocenters. The molecule has 0 bridgehead atoms. The average molecular weight is 234 g/mol. The van der Waals surface area contributed by atoms with E-state index >= 15 is 0 Å². The van der Waals surface area contributed by atoms with Crippen LogP contribution in [0, 0.1) is 0 Å². The smallest absolute Gasteiger partial charge is 0.0931 e. The van der Waals surface area contributed by atoms with E-state index in [9.17, 15) is 0 Å². The van der Waals surface area contributed by atoms with Crippen LogP contribution in [0.5, 0.6) is 0 Å². The number of hydrogen-bond donors (Lipinski definition) is 0. The molecule has 2 heteroatoms. The van der Waals surface area contributed by atoms with E-state index in [1.807, 2.05) is 23.9 Å². The van der Waals surface area contributed by atoms with Crippen LogP contribution in [-0.2, 0) is 4.74 Å². The predicted octanol–water partition coefficient (Wildman–Crippen LogP) is 3.90. The highest BCUT2D eigenvalue weighted by Gasteiger charge is 2.49. The lowest BCUT2D eigenvalue weighted by atomic mass is 10.0. The highest BCUT2D eigenvalue weighted by molar-refractivity contribution is 8.00. The van der Waals surface area contributed by atoms with E-state index in [0.717, 1.165) is 6.42 Å². The zero-order chi connectivity index (χ0) is 11.6. The van der Waals surface area contributed by atoms with E-state index in [-0.39, 0.29) is 5.60 Å². The molecule has 1 aromatic rings. The Kier molecular flexibility index (Phi) is 3.41. The van der Waals surface area contributed by atoms with Gasteiger partial charge < -0.3 is 4.74 Å². The highest BCUT2D eigenvalue weighted by atomic mass is 32.2. The van der Waals surface area contributed by atoms with Crippen molar-refractivity contribution in [3.05, 3.63) is 43.0 Å². The molecule has 16 heavy (non-hydrogen) atoms. The van der Waals surface area contributed by atoms with Crippen LogP contribution in [0.2, 0.25) is 0 Å². The van der Waals surface area contributed by atoms with Gasteiger partial charge in [0.25, 0.3) is 0 Å². The first kappa shape index (κ1) is 11.7. The van der Waals surface area contributed by atoms with Crippen LogP contribution >= 0.6 is 11.8 Å². The zero-order valence-electron chi connectivity index (χ0n) is 9.85. The first-order valence-electron chi connectivity index (χ1n) is 5.66. The molecular weight excluding hydrogens is 216 g/mol. The Balaban J connectivity index is 1.94. The van der Waals surface area contributed by atoms with Crippen molar-refractivity contribution in [3.8, 4) is 0 Å². The minimum absolute atomic E-state index is 0.0701. The fraction of sp³-hybridized carbons (Fsp3) is 0.429. The number of benzene rings is 1. The zero-order valence-corrected chi connectivity index (χ0v) is 10.7. The van der Waals surface area contributed by atoms with Crippen molar-refractivity contribution in [3.63, 3.8) is 0 Å². The van der Waals surface area contributed by atoms with Crippen molar-refractivity contribution < 1.29 is 4.74 Å². The Morgan fingerprint density at radius 2 is 2.12 bits per heavy atom. The molecule has 2 rings (SSSR count). The van der Waals surface area contributed by atoms with Gasteiger partial charge in [0, 0.05) is 10.1 Å². The largest absolute Gasteiger partial charge is 0.367 e. The predicted molar refractivity (Wildman–Crippen MR) is 69.9 cm³/mol. The fourth-order valence-electron chi connectivity index (χ4n) is 1.83. The van der Waals surface area contributed by atoms with Crippen molar-refractivity contribution in [1.29, 1.82) is 0 Å². The summed E-state index contributed by atoms with van der Waals surface area (Å²) in [5, 5.41) is 0.428. The Hall–Kier alpha value is -0.730. The quantitative estimate of drug-likeness (QED) is 0.435. The van der Waals surface area contributed by atoms with Gasteiger partial charge in [-0.3, -0.25) is 0 Å². The van der Waals surface area contributed by atoms with Gasteiger partial charge in [-0.05, 0) is 32.4 Å². The molecule has 1 unspecified atom stereocenters. The van der Waals surface area contributed by atoms with Gasteiger partial charge in [-0.25, -0.2) is 0 Å². The first-order valence-corrected chi connectivity index (χ1v) is 6.54. The van der Waals surface area contributed by atoms with E-state index in [0.29, 0.717) is 11.4 Å². The average Bonchev–Trinajstić information content (AvgIpc) is 2.87. The van der Waals surface area contributed by atoms with Crippen LogP contribution in [0.1, 0.15) is 20.3 Å². The van der Waals surface area contributed by atoms with Gasteiger partial charge in [0.15, 0.2) is 0 Å². The monoisotopic (exact) mass is 234 g/mol. The standard InChI is InChI=1S/C14H18OS/c1-4-12(10-14(3)11(2)15-14)16-13-8-6-5-7-9-13/h4-9,11-12H,1,10H2,2-3H3/t11-,12?,14+/m0/s1. The van der Waals surface area contributed by atoms with Gasteiger partial charge in [-0.2, -0.15) is 0 Å². The van der Waals surface area contributed by atoms with E-state index in [4.69, 9.17) is 4.74 Å². The maximum atomic E-state index is 5.61. The van der Waals surface area contributed by atoms with Crippen molar-refractivity contribution in [2.24, 2.45) is 0 Å². The minimum Gasteiger partial charge on any atom is -0.367 e. The third-order valence-electron chi connectivity index (χ3n) is 3.15. The molecule has 1 saturated heterocycles. The van der Waals surface area contributed by atoms with Crippen molar-refractivity contribution in [1.82, 2.24) is 0 Å². The molecular formula is C14H18OS. The van der Waals surface area contributed by atoms with E-state index in [2.05, 4.69) is 44.7 Å². The summed E-state index contributed by atoms with van der Waals surface area (Å²) in [6.07, 6.45) is 3.46. The van der Waals surface area contributed by atoms with Crippen molar-refractivity contribution in [2.75, 3.05) is 0 Å². The molecule has 0 radical (unpaired) electrons. The minimum atomic E-state index is 0.0701. The molecule has 1 aliphatic heterocycles. The van der Waals surface area contributed by atoms with Gasteiger partial charge >= 0.3 is 0 Å². The van der Waals surface area contributed by atoms with Crippen LogP contribution in [0.15, 0.2) is 47.9 Å². The summed E-state index contributed by atoms with van der Waals surface area (Å²) in [6, 6.07) is 10.5. The van der Waals surface area contributed by atoms with Gasteiger partial charge in [0.1, 0.15) is 0 Å². The number of thioether (sulfide) groups is 1. The summed E-state index contributed by atoms with van der Waals surface area (Å²) >= 11 is 1.86. The molecule has 0 saturated carbocycles. The van der Waals surface area contributed by atoms with Crippen molar-refractivity contribution in [2.45, 2.75) is 42.1 Å². The molecule has 0 aliphatic carbocycles. The normalized spacial score (nSPS) is 29.8. The number of rotatable bonds is 5. The van der Waals surface area contributed by atoms with Gasteiger partial charge in [-0.15, -0.1) is 18.3 Å². The second kappa shape index (κ2) is 4.64. The molecule has 0 aromatic heterocycles. The van der Waals surface area contributed by atoms with Crippen LogP contribution in [-0.4, -0.2) is 17.0 Å². The summed E-state index contributed by atoms with van der Waals surface area (Å²) in [5.74, 6) is 0. The molecule has 1 heterocycles. The van der Waals surface area contributed by atoms with Crippen LogP contribution in [0.4, 0.5) is 0 Å². The number of ether oxygens (including phenoxy) is 1. The fourth-order valence-corrected chi connectivity index (χ4v) is 3.00. The van der Waals surface area contributed by atoms with E-state index in [1.54, 1.807) is 0 Å². The second-order valence-electron chi connectivity index (χ2n) is 4.48. The van der Waals surface area contributed by atoms with E-state index in [1.165, 1.54) is 4.90 Å². The molecule has 1 aromatic carbocycles. The van der Waals surface area contributed by atoms with Crippen LogP contribution in [0.3, 0.4) is 0 Å². The third-order valence-corrected chi connectivity index (χ3v) is 4.35. The van der Waals surface area contributed by atoms with Crippen LogP contribution in [0.25, 0.3) is 0 Å². The third kappa shape index (κ3) is 2.69. The molecule has 86 valence electrons. The maximum Gasteiger partial charge on any atom is 0.0931 e. The first-order chi connectivity index (χ1) is 7.64.